The maximum atomic E-state index is 13.0. The molecule has 1 aromatic carbocycles. The van der Waals surface area contributed by atoms with E-state index in [1.54, 1.807) is 24.3 Å². The Morgan fingerprint density at radius 2 is 2.04 bits per heavy atom. The summed E-state index contributed by atoms with van der Waals surface area (Å²) in [5, 5.41) is 13.2. The van der Waals surface area contributed by atoms with Crippen molar-refractivity contribution in [3.63, 3.8) is 0 Å². The Bertz CT molecular complexity index is 617. The van der Waals surface area contributed by atoms with Crippen molar-refractivity contribution in [3.8, 4) is 0 Å². The van der Waals surface area contributed by atoms with Crippen LogP contribution in [0.4, 0.5) is 4.39 Å². The first kappa shape index (κ1) is 20.4. The summed E-state index contributed by atoms with van der Waals surface area (Å²) in [5.41, 5.74) is 0.978. The van der Waals surface area contributed by atoms with Gasteiger partial charge in [-0.15, -0.1) is 24.0 Å². The Balaban J connectivity index is 0.00000288. The number of nitrogens with one attached hydrogen (secondary N) is 1. The third-order valence-electron chi connectivity index (χ3n) is 3.32. The Morgan fingerprint density at radius 1 is 1.33 bits per heavy atom. The van der Waals surface area contributed by atoms with Crippen LogP contribution in [0.15, 0.2) is 52.1 Å². The van der Waals surface area contributed by atoms with Crippen LogP contribution in [0.3, 0.4) is 0 Å². The van der Waals surface area contributed by atoms with Gasteiger partial charge in [-0.3, -0.25) is 0 Å². The number of hydrogen-bond acceptors (Lipinski definition) is 3. The van der Waals surface area contributed by atoms with Crippen LogP contribution in [0.2, 0.25) is 0 Å². The first-order valence-corrected chi connectivity index (χ1v) is 7.55. The van der Waals surface area contributed by atoms with Crippen molar-refractivity contribution >= 4 is 29.9 Å². The molecular weight excluding hydrogens is 424 g/mol. The molecule has 1 heterocycles. The molecule has 0 spiro atoms. The van der Waals surface area contributed by atoms with Gasteiger partial charge in [-0.05, 0) is 36.8 Å². The van der Waals surface area contributed by atoms with E-state index in [0.29, 0.717) is 24.8 Å². The van der Waals surface area contributed by atoms with E-state index < -0.39 is 6.10 Å². The van der Waals surface area contributed by atoms with Gasteiger partial charge >= 0.3 is 0 Å². The van der Waals surface area contributed by atoms with Gasteiger partial charge in [0.05, 0.1) is 12.8 Å². The second-order valence-corrected chi connectivity index (χ2v) is 5.21. The molecule has 0 aliphatic rings. The molecule has 0 amide bonds. The minimum absolute atomic E-state index is 0. The molecule has 0 bridgehead atoms. The molecule has 0 radical (unpaired) electrons. The standard InChI is InChI=1S/C17H22FN3O2.HI/c1-3-19-17(20-11-15(22)16-5-4-10-23-16)21(2)12-13-6-8-14(18)9-7-13;/h4-10,15,22H,3,11-12H2,1-2H3,(H,19,20);1H. The third-order valence-corrected chi connectivity index (χ3v) is 3.32. The van der Waals surface area contributed by atoms with Crippen molar-refractivity contribution in [2.24, 2.45) is 4.99 Å². The van der Waals surface area contributed by atoms with Crippen molar-refractivity contribution in [2.75, 3.05) is 20.1 Å². The van der Waals surface area contributed by atoms with Gasteiger partial charge in [0.1, 0.15) is 17.7 Å². The molecule has 1 unspecified atom stereocenters. The van der Waals surface area contributed by atoms with E-state index >= 15 is 0 Å². The summed E-state index contributed by atoms with van der Waals surface area (Å²) in [5.74, 6) is 0.909. The van der Waals surface area contributed by atoms with Crippen LogP contribution in [0.5, 0.6) is 0 Å². The van der Waals surface area contributed by atoms with Crippen molar-refractivity contribution in [3.05, 3.63) is 59.8 Å². The molecule has 0 saturated heterocycles. The highest BCUT2D eigenvalue weighted by molar-refractivity contribution is 14.0. The zero-order chi connectivity index (χ0) is 16.7. The van der Waals surface area contributed by atoms with Crippen molar-refractivity contribution in [1.82, 2.24) is 10.2 Å². The second-order valence-electron chi connectivity index (χ2n) is 5.21. The number of guanidine groups is 1. The highest BCUT2D eigenvalue weighted by Crippen LogP contribution is 2.13. The predicted molar refractivity (Wildman–Crippen MR) is 103 cm³/mol. The molecule has 0 fully saturated rings. The fourth-order valence-corrected chi connectivity index (χ4v) is 2.15. The number of furan rings is 1. The van der Waals surface area contributed by atoms with Crippen LogP contribution < -0.4 is 5.32 Å². The van der Waals surface area contributed by atoms with E-state index in [1.807, 2.05) is 18.9 Å². The summed E-state index contributed by atoms with van der Waals surface area (Å²) in [6.07, 6.45) is 0.742. The zero-order valence-electron chi connectivity index (χ0n) is 13.8. The highest BCUT2D eigenvalue weighted by atomic mass is 127. The first-order valence-electron chi connectivity index (χ1n) is 7.55. The summed E-state index contributed by atoms with van der Waals surface area (Å²) in [6, 6.07) is 9.81. The van der Waals surface area contributed by atoms with Crippen molar-refractivity contribution in [2.45, 2.75) is 19.6 Å². The van der Waals surface area contributed by atoms with Gasteiger partial charge in [-0.25, -0.2) is 9.38 Å². The average molecular weight is 447 g/mol. The molecule has 5 nitrogen and oxygen atoms in total. The van der Waals surface area contributed by atoms with E-state index in [1.165, 1.54) is 18.4 Å². The smallest absolute Gasteiger partial charge is 0.194 e. The van der Waals surface area contributed by atoms with Gasteiger partial charge in [0.2, 0.25) is 0 Å². The Hall–Kier alpha value is -1.61. The predicted octanol–water partition coefficient (Wildman–Crippen LogP) is 3.17. The lowest BCUT2D eigenvalue weighted by Crippen LogP contribution is -2.38. The van der Waals surface area contributed by atoms with Crippen LogP contribution in [0.25, 0.3) is 0 Å². The summed E-state index contributed by atoms with van der Waals surface area (Å²) >= 11 is 0. The number of aliphatic hydroxyl groups excluding tert-OH is 1. The number of halogens is 2. The topological polar surface area (TPSA) is 61.0 Å². The lowest BCUT2D eigenvalue weighted by Gasteiger charge is -2.22. The quantitative estimate of drug-likeness (QED) is 0.406. The molecule has 1 aromatic heterocycles. The maximum absolute atomic E-state index is 13.0. The van der Waals surface area contributed by atoms with Gasteiger partial charge in [-0.2, -0.15) is 0 Å². The molecule has 2 rings (SSSR count). The van der Waals surface area contributed by atoms with E-state index in [4.69, 9.17) is 4.42 Å². The molecule has 0 aliphatic carbocycles. The van der Waals surface area contributed by atoms with Crippen LogP contribution in [-0.4, -0.2) is 36.1 Å². The first-order chi connectivity index (χ1) is 11.1. The van der Waals surface area contributed by atoms with E-state index in [-0.39, 0.29) is 36.3 Å². The van der Waals surface area contributed by atoms with Crippen LogP contribution in [-0.2, 0) is 6.54 Å². The molecule has 24 heavy (non-hydrogen) atoms. The summed E-state index contributed by atoms with van der Waals surface area (Å²) in [6.45, 7) is 3.47. The summed E-state index contributed by atoms with van der Waals surface area (Å²) in [4.78, 5) is 6.35. The number of benzene rings is 1. The Labute approximate surface area is 158 Å². The number of nitrogens with zero attached hydrogens (tertiary/aromatic N) is 2. The van der Waals surface area contributed by atoms with Crippen molar-refractivity contribution < 1.29 is 13.9 Å². The normalized spacial score (nSPS) is 12.4. The van der Waals surface area contributed by atoms with Gasteiger partial charge in [0.25, 0.3) is 0 Å². The van der Waals surface area contributed by atoms with Crippen LogP contribution in [0.1, 0.15) is 24.4 Å². The Kier molecular flexibility index (Phi) is 8.77. The molecule has 2 N–H and O–H groups in total. The second kappa shape index (κ2) is 10.3. The van der Waals surface area contributed by atoms with Gasteiger partial charge < -0.3 is 19.7 Å². The number of aliphatic imine (C=N–C) groups is 1. The fraction of sp³-hybridized carbons (Fsp3) is 0.353. The zero-order valence-corrected chi connectivity index (χ0v) is 16.1. The average Bonchev–Trinajstić information content (AvgIpc) is 3.07. The van der Waals surface area contributed by atoms with Gasteiger partial charge in [0.15, 0.2) is 5.96 Å². The molecule has 0 saturated carbocycles. The molecule has 1 atom stereocenters. The molecule has 0 aliphatic heterocycles. The summed E-state index contributed by atoms with van der Waals surface area (Å²) < 4.78 is 18.1. The minimum atomic E-state index is -0.780. The van der Waals surface area contributed by atoms with Gasteiger partial charge in [0, 0.05) is 20.1 Å². The number of hydrogen-bond donors (Lipinski definition) is 2. The third kappa shape index (κ3) is 6.12. The van der Waals surface area contributed by atoms with Crippen molar-refractivity contribution in [1.29, 1.82) is 0 Å². The lowest BCUT2D eigenvalue weighted by atomic mass is 10.2. The number of aliphatic hydroxyl groups is 1. The van der Waals surface area contributed by atoms with Gasteiger partial charge in [-0.1, -0.05) is 12.1 Å². The molecular formula is C17H23FIN3O2. The van der Waals surface area contributed by atoms with Crippen LogP contribution in [0, 0.1) is 5.82 Å². The monoisotopic (exact) mass is 447 g/mol. The van der Waals surface area contributed by atoms with Crippen LogP contribution >= 0.6 is 24.0 Å². The number of rotatable bonds is 6. The largest absolute Gasteiger partial charge is 0.467 e. The SMILES string of the molecule is CCNC(=NCC(O)c1ccco1)N(C)Cc1ccc(F)cc1.I. The molecule has 132 valence electrons. The maximum Gasteiger partial charge on any atom is 0.194 e. The summed E-state index contributed by atoms with van der Waals surface area (Å²) in [7, 11) is 1.89. The highest BCUT2D eigenvalue weighted by Gasteiger charge is 2.12. The van der Waals surface area contributed by atoms with E-state index in [2.05, 4.69) is 10.3 Å². The lowest BCUT2D eigenvalue weighted by molar-refractivity contribution is 0.158. The van der Waals surface area contributed by atoms with E-state index in [9.17, 15) is 9.50 Å². The molecule has 7 heteroatoms. The minimum Gasteiger partial charge on any atom is -0.467 e. The molecule has 2 aromatic rings. The Morgan fingerprint density at radius 3 is 2.62 bits per heavy atom. The fourth-order valence-electron chi connectivity index (χ4n) is 2.15. The van der Waals surface area contributed by atoms with E-state index in [0.717, 1.165) is 5.56 Å².